The van der Waals surface area contributed by atoms with Crippen molar-refractivity contribution in [2.45, 2.75) is 27.2 Å². The summed E-state index contributed by atoms with van der Waals surface area (Å²) in [5.41, 5.74) is 4.10. The fourth-order valence-corrected chi connectivity index (χ4v) is 2.41. The number of hydrogen-bond donors (Lipinski definition) is 0. The fraction of sp³-hybridized carbons (Fsp3) is 0.316. The monoisotopic (exact) mass is 282 g/mol. The van der Waals surface area contributed by atoms with Gasteiger partial charge in [0.2, 0.25) is 0 Å². The van der Waals surface area contributed by atoms with Gasteiger partial charge in [-0.05, 0) is 54.2 Å². The second-order valence-corrected chi connectivity index (χ2v) is 5.64. The summed E-state index contributed by atoms with van der Waals surface area (Å²) in [6.07, 6.45) is 1.94. The minimum Gasteiger partial charge on any atom is -0.494 e. The van der Waals surface area contributed by atoms with E-state index in [0.717, 1.165) is 29.6 Å². The molecule has 2 nitrogen and oxygen atoms in total. The first-order valence-electron chi connectivity index (χ1n) is 7.44. The summed E-state index contributed by atoms with van der Waals surface area (Å²) >= 11 is 0. The zero-order chi connectivity index (χ0) is 15.2. The SMILES string of the molecule is CCOc1cc(C=O)cc(-c2ccc(CC(C)C)cc2)c1. The highest BCUT2D eigenvalue weighted by Gasteiger charge is 2.05. The third-order valence-electron chi connectivity index (χ3n) is 3.31. The van der Waals surface area contributed by atoms with Gasteiger partial charge in [-0.15, -0.1) is 0 Å². The molecule has 2 heteroatoms. The van der Waals surface area contributed by atoms with Crippen LogP contribution in [0.5, 0.6) is 5.75 Å². The number of rotatable bonds is 6. The van der Waals surface area contributed by atoms with E-state index in [1.807, 2.05) is 19.1 Å². The van der Waals surface area contributed by atoms with Gasteiger partial charge in [-0.1, -0.05) is 38.1 Å². The van der Waals surface area contributed by atoms with Gasteiger partial charge in [0.1, 0.15) is 12.0 Å². The van der Waals surface area contributed by atoms with Crippen LogP contribution in [0.4, 0.5) is 0 Å². The highest BCUT2D eigenvalue weighted by molar-refractivity contribution is 5.80. The Bertz CT molecular complexity index is 597. The van der Waals surface area contributed by atoms with E-state index in [1.54, 1.807) is 6.07 Å². The zero-order valence-corrected chi connectivity index (χ0v) is 12.9. The number of aldehydes is 1. The molecule has 0 amide bonds. The molecule has 21 heavy (non-hydrogen) atoms. The first-order chi connectivity index (χ1) is 10.1. The van der Waals surface area contributed by atoms with Gasteiger partial charge < -0.3 is 4.74 Å². The molecule has 0 radical (unpaired) electrons. The lowest BCUT2D eigenvalue weighted by Crippen LogP contribution is -1.95. The summed E-state index contributed by atoms with van der Waals surface area (Å²) in [7, 11) is 0. The molecule has 2 aromatic carbocycles. The van der Waals surface area contributed by atoms with Gasteiger partial charge in [-0.3, -0.25) is 4.79 Å². The van der Waals surface area contributed by atoms with E-state index in [4.69, 9.17) is 4.74 Å². The minimum absolute atomic E-state index is 0.592. The number of hydrogen-bond acceptors (Lipinski definition) is 2. The van der Waals surface area contributed by atoms with Gasteiger partial charge in [0, 0.05) is 5.56 Å². The number of carbonyl (C=O) groups excluding carboxylic acids is 1. The van der Waals surface area contributed by atoms with Crippen LogP contribution < -0.4 is 4.74 Å². The average molecular weight is 282 g/mol. The zero-order valence-electron chi connectivity index (χ0n) is 12.9. The summed E-state index contributed by atoms with van der Waals surface area (Å²) < 4.78 is 5.53. The van der Waals surface area contributed by atoms with Crippen LogP contribution in [0.1, 0.15) is 36.7 Å². The molecule has 2 aromatic rings. The summed E-state index contributed by atoms with van der Waals surface area (Å²) in [4.78, 5) is 11.1. The lowest BCUT2D eigenvalue weighted by Gasteiger charge is -2.09. The molecule has 0 atom stereocenters. The Kier molecular flexibility index (Phi) is 5.15. The van der Waals surface area contributed by atoms with Gasteiger partial charge in [-0.25, -0.2) is 0 Å². The average Bonchev–Trinajstić information content (AvgIpc) is 2.47. The maximum absolute atomic E-state index is 11.1. The van der Waals surface area contributed by atoms with E-state index < -0.39 is 0 Å². The second-order valence-electron chi connectivity index (χ2n) is 5.64. The third kappa shape index (κ3) is 4.19. The molecule has 110 valence electrons. The van der Waals surface area contributed by atoms with Crippen LogP contribution in [0.25, 0.3) is 11.1 Å². The molecule has 0 unspecified atom stereocenters. The predicted molar refractivity (Wildman–Crippen MR) is 87.0 cm³/mol. The molecule has 0 bridgehead atoms. The minimum atomic E-state index is 0.592. The lowest BCUT2D eigenvalue weighted by atomic mass is 9.98. The molecule has 0 saturated carbocycles. The molecule has 0 fully saturated rings. The number of carbonyl (C=O) groups is 1. The summed E-state index contributed by atoms with van der Waals surface area (Å²) in [6, 6.07) is 14.2. The Morgan fingerprint density at radius 3 is 2.33 bits per heavy atom. The molecule has 0 N–H and O–H groups in total. The normalized spacial score (nSPS) is 10.7. The van der Waals surface area contributed by atoms with E-state index in [2.05, 4.69) is 38.1 Å². The van der Waals surface area contributed by atoms with Crippen LogP contribution in [0.3, 0.4) is 0 Å². The van der Waals surface area contributed by atoms with Crippen molar-refractivity contribution in [3.63, 3.8) is 0 Å². The largest absolute Gasteiger partial charge is 0.494 e. The van der Waals surface area contributed by atoms with E-state index >= 15 is 0 Å². The summed E-state index contributed by atoms with van der Waals surface area (Å²) in [5.74, 6) is 1.39. The van der Waals surface area contributed by atoms with Gasteiger partial charge in [-0.2, -0.15) is 0 Å². The molecule has 2 rings (SSSR count). The van der Waals surface area contributed by atoms with E-state index in [0.29, 0.717) is 18.1 Å². The van der Waals surface area contributed by atoms with Crippen LogP contribution in [-0.4, -0.2) is 12.9 Å². The fourth-order valence-electron chi connectivity index (χ4n) is 2.41. The van der Waals surface area contributed by atoms with Crippen molar-refractivity contribution in [2.75, 3.05) is 6.61 Å². The maximum Gasteiger partial charge on any atom is 0.150 e. The molecule has 0 aliphatic carbocycles. The van der Waals surface area contributed by atoms with Crippen molar-refractivity contribution >= 4 is 6.29 Å². The van der Waals surface area contributed by atoms with Crippen LogP contribution in [0, 0.1) is 5.92 Å². The van der Waals surface area contributed by atoms with Crippen molar-refractivity contribution in [3.05, 3.63) is 53.6 Å². The predicted octanol–water partition coefficient (Wildman–Crippen LogP) is 4.76. The highest BCUT2D eigenvalue weighted by Crippen LogP contribution is 2.26. The van der Waals surface area contributed by atoms with Crippen molar-refractivity contribution in [3.8, 4) is 16.9 Å². The molecule has 0 heterocycles. The van der Waals surface area contributed by atoms with Crippen molar-refractivity contribution < 1.29 is 9.53 Å². The Balaban J connectivity index is 2.31. The molecular weight excluding hydrogens is 260 g/mol. The topological polar surface area (TPSA) is 26.3 Å². The highest BCUT2D eigenvalue weighted by atomic mass is 16.5. The van der Waals surface area contributed by atoms with Gasteiger partial charge in [0.05, 0.1) is 6.61 Å². The smallest absolute Gasteiger partial charge is 0.150 e. The van der Waals surface area contributed by atoms with Crippen molar-refractivity contribution in [1.29, 1.82) is 0 Å². The van der Waals surface area contributed by atoms with E-state index in [-0.39, 0.29) is 0 Å². The molecule has 0 aliphatic heterocycles. The molecular formula is C19H22O2. The van der Waals surface area contributed by atoms with Crippen LogP contribution in [0.15, 0.2) is 42.5 Å². The lowest BCUT2D eigenvalue weighted by molar-refractivity contribution is 0.112. The van der Waals surface area contributed by atoms with Gasteiger partial charge in [0.25, 0.3) is 0 Å². The van der Waals surface area contributed by atoms with Crippen molar-refractivity contribution in [2.24, 2.45) is 5.92 Å². The Labute approximate surface area is 126 Å². The number of benzene rings is 2. The van der Waals surface area contributed by atoms with Crippen LogP contribution in [0.2, 0.25) is 0 Å². The first-order valence-corrected chi connectivity index (χ1v) is 7.44. The Morgan fingerprint density at radius 2 is 1.76 bits per heavy atom. The second kappa shape index (κ2) is 7.07. The standard InChI is InChI=1S/C19H22O2/c1-4-21-19-11-16(13-20)10-18(12-19)17-7-5-15(6-8-17)9-14(2)3/h5-8,10-14H,4,9H2,1-3H3. The Hall–Kier alpha value is -2.09. The number of ether oxygens (including phenoxy) is 1. The van der Waals surface area contributed by atoms with Gasteiger partial charge in [0.15, 0.2) is 0 Å². The summed E-state index contributed by atoms with van der Waals surface area (Å²) in [5, 5.41) is 0. The first kappa shape index (κ1) is 15.3. The van der Waals surface area contributed by atoms with Crippen LogP contribution >= 0.6 is 0 Å². The van der Waals surface area contributed by atoms with Crippen molar-refractivity contribution in [1.82, 2.24) is 0 Å². The molecule has 0 aliphatic rings. The molecule has 0 spiro atoms. The third-order valence-corrected chi connectivity index (χ3v) is 3.31. The van der Waals surface area contributed by atoms with E-state index in [9.17, 15) is 4.79 Å². The Morgan fingerprint density at radius 1 is 1.05 bits per heavy atom. The van der Waals surface area contributed by atoms with E-state index in [1.165, 1.54) is 5.56 Å². The van der Waals surface area contributed by atoms with Gasteiger partial charge >= 0.3 is 0 Å². The maximum atomic E-state index is 11.1. The summed E-state index contributed by atoms with van der Waals surface area (Å²) in [6.45, 7) is 6.97. The molecule has 0 aromatic heterocycles. The molecule has 0 saturated heterocycles. The quantitative estimate of drug-likeness (QED) is 0.714. The van der Waals surface area contributed by atoms with Crippen LogP contribution in [-0.2, 0) is 6.42 Å².